The lowest BCUT2D eigenvalue weighted by molar-refractivity contribution is 1.18. The van der Waals surface area contributed by atoms with Crippen molar-refractivity contribution in [3.05, 3.63) is 126 Å². The van der Waals surface area contributed by atoms with Crippen LogP contribution in [0.1, 0.15) is 11.1 Å². The Bertz CT molecular complexity index is 1720. The van der Waals surface area contributed by atoms with Gasteiger partial charge in [0.25, 0.3) is 0 Å². The quantitative estimate of drug-likeness (QED) is 0.288. The van der Waals surface area contributed by atoms with Gasteiger partial charge in [-0.05, 0) is 64.7 Å². The molecule has 0 saturated carbocycles. The maximum atomic E-state index is 3.59. The number of rotatable bonds is 2. The van der Waals surface area contributed by atoms with Crippen molar-refractivity contribution in [3.63, 3.8) is 0 Å². The Morgan fingerprint density at radius 1 is 0.471 bits per heavy atom. The van der Waals surface area contributed by atoms with Crippen molar-refractivity contribution in [1.29, 1.82) is 0 Å². The van der Waals surface area contributed by atoms with Crippen LogP contribution in [-0.2, 0) is 0 Å². The molecule has 1 aliphatic rings. The fraction of sp³-hybridized carbons (Fsp3) is 0. The van der Waals surface area contributed by atoms with Gasteiger partial charge in [-0.3, -0.25) is 0 Å². The van der Waals surface area contributed by atoms with Gasteiger partial charge in [-0.2, -0.15) is 0 Å². The first-order chi connectivity index (χ1) is 16.8. The summed E-state index contributed by atoms with van der Waals surface area (Å²) >= 11 is 0. The van der Waals surface area contributed by atoms with Gasteiger partial charge in [-0.1, -0.05) is 84.9 Å². The molecule has 0 amide bonds. The molecule has 0 fully saturated rings. The van der Waals surface area contributed by atoms with E-state index >= 15 is 0 Å². The largest absolute Gasteiger partial charge is 0.355 e. The molecule has 7 rings (SSSR count). The molecule has 1 aliphatic heterocycles. The van der Waals surface area contributed by atoms with E-state index in [0.29, 0.717) is 0 Å². The van der Waals surface area contributed by atoms with Gasteiger partial charge in [-0.25, -0.2) is 0 Å². The van der Waals surface area contributed by atoms with Gasteiger partial charge in [0.1, 0.15) is 0 Å². The van der Waals surface area contributed by atoms with E-state index in [1.165, 1.54) is 49.7 Å². The summed E-state index contributed by atoms with van der Waals surface area (Å²) in [5, 5.41) is 6.14. The number of aromatic nitrogens is 1. The summed E-state index contributed by atoms with van der Waals surface area (Å²) in [4.78, 5) is 0. The average molecular weight is 435 g/mol. The number of para-hydroxylation sites is 3. The van der Waals surface area contributed by atoms with Crippen LogP contribution >= 0.6 is 0 Å². The second-order valence-corrected chi connectivity index (χ2v) is 8.77. The van der Waals surface area contributed by atoms with E-state index < -0.39 is 0 Å². The zero-order chi connectivity index (χ0) is 22.5. The Morgan fingerprint density at radius 2 is 1.15 bits per heavy atom. The van der Waals surface area contributed by atoms with Crippen molar-refractivity contribution in [1.82, 2.24) is 4.57 Å². The maximum absolute atomic E-state index is 3.59. The van der Waals surface area contributed by atoms with Crippen LogP contribution in [0.4, 0.5) is 11.4 Å². The van der Waals surface area contributed by atoms with Crippen LogP contribution in [0.5, 0.6) is 0 Å². The van der Waals surface area contributed by atoms with Gasteiger partial charge in [-0.15, -0.1) is 0 Å². The molecule has 0 saturated heterocycles. The first kappa shape index (κ1) is 19.0. The molecule has 0 aliphatic carbocycles. The van der Waals surface area contributed by atoms with Gasteiger partial charge >= 0.3 is 0 Å². The van der Waals surface area contributed by atoms with Gasteiger partial charge in [0.15, 0.2) is 0 Å². The molecule has 0 atom stereocenters. The van der Waals surface area contributed by atoms with E-state index in [4.69, 9.17) is 0 Å². The van der Waals surface area contributed by atoms with Crippen molar-refractivity contribution in [3.8, 4) is 16.8 Å². The summed E-state index contributed by atoms with van der Waals surface area (Å²) in [5.41, 5.74) is 10.7. The van der Waals surface area contributed by atoms with Crippen LogP contribution in [0, 0.1) is 0 Å². The molecule has 5 aromatic carbocycles. The van der Waals surface area contributed by atoms with Gasteiger partial charge < -0.3 is 9.88 Å². The fourth-order valence-corrected chi connectivity index (χ4v) is 5.08. The summed E-state index contributed by atoms with van der Waals surface area (Å²) in [6, 6.07) is 41.2. The zero-order valence-electron chi connectivity index (χ0n) is 18.6. The maximum Gasteiger partial charge on any atom is 0.0547 e. The van der Waals surface area contributed by atoms with E-state index in [1.54, 1.807) is 0 Å². The van der Waals surface area contributed by atoms with Crippen molar-refractivity contribution < 1.29 is 0 Å². The fourth-order valence-electron chi connectivity index (χ4n) is 5.08. The van der Waals surface area contributed by atoms with Gasteiger partial charge in [0.05, 0.1) is 11.0 Å². The molecule has 6 aromatic rings. The molecule has 0 spiro atoms. The van der Waals surface area contributed by atoms with Crippen LogP contribution in [0.2, 0.25) is 0 Å². The molecule has 0 bridgehead atoms. The number of fused-ring (bicyclic) bond motifs is 5. The highest BCUT2D eigenvalue weighted by Gasteiger charge is 2.14. The third-order valence-electron chi connectivity index (χ3n) is 6.75. The van der Waals surface area contributed by atoms with Crippen molar-refractivity contribution in [2.75, 3.05) is 5.32 Å². The number of nitrogens with one attached hydrogen (secondary N) is 1. The summed E-state index contributed by atoms with van der Waals surface area (Å²) < 4.78 is 2.37. The Hall–Kier alpha value is -4.56. The molecule has 160 valence electrons. The van der Waals surface area contributed by atoms with Gasteiger partial charge in [0, 0.05) is 27.8 Å². The lowest BCUT2D eigenvalue weighted by atomic mass is 10.00. The van der Waals surface area contributed by atoms with Crippen LogP contribution in [0.15, 0.2) is 115 Å². The Morgan fingerprint density at radius 3 is 2.09 bits per heavy atom. The molecule has 2 nitrogen and oxygen atoms in total. The number of benzene rings is 5. The summed E-state index contributed by atoms with van der Waals surface area (Å²) in [6.45, 7) is 0. The van der Waals surface area contributed by atoms with E-state index in [0.717, 1.165) is 11.4 Å². The minimum Gasteiger partial charge on any atom is -0.355 e. The highest BCUT2D eigenvalue weighted by Crippen LogP contribution is 2.37. The van der Waals surface area contributed by atoms with Crippen molar-refractivity contribution in [2.24, 2.45) is 0 Å². The predicted octanol–water partition coefficient (Wildman–Crippen LogP) is 8.68. The third kappa shape index (κ3) is 2.96. The number of hydrogen-bond acceptors (Lipinski definition) is 1. The SMILES string of the molecule is C1=Cc2cc(-c3ccc4c5ccccc5n(-c5ccccc5)c4c3)ccc2Nc2ccccc21. The normalized spacial score (nSPS) is 12.2. The zero-order valence-corrected chi connectivity index (χ0v) is 18.6. The minimum absolute atomic E-state index is 1.13. The Labute approximate surface area is 198 Å². The smallest absolute Gasteiger partial charge is 0.0547 e. The molecule has 0 radical (unpaired) electrons. The monoisotopic (exact) mass is 434 g/mol. The lowest BCUT2D eigenvalue weighted by Gasteiger charge is -2.12. The lowest BCUT2D eigenvalue weighted by Crippen LogP contribution is -1.94. The highest BCUT2D eigenvalue weighted by molar-refractivity contribution is 6.10. The average Bonchev–Trinajstić information content (AvgIpc) is 3.10. The van der Waals surface area contributed by atoms with E-state index in [2.05, 4.69) is 137 Å². The number of hydrogen-bond donors (Lipinski definition) is 1. The standard InChI is InChI=1S/C32H22N2/c1-2-9-26(10-3-1)34-31-13-7-5-11-27(31)28-18-16-24(21-32(28)34)23-17-19-30-25(20-23)15-14-22-8-4-6-12-29(22)33-30/h1-21,33H. The van der Waals surface area contributed by atoms with Crippen molar-refractivity contribution >= 4 is 45.3 Å². The molecule has 0 unspecified atom stereocenters. The first-order valence-corrected chi connectivity index (χ1v) is 11.6. The minimum atomic E-state index is 1.13. The number of nitrogens with zero attached hydrogens (tertiary/aromatic N) is 1. The predicted molar refractivity (Wildman–Crippen MR) is 145 cm³/mol. The first-order valence-electron chi connectivity index (χ1n) is 11.6. The Balaban J connectivity index is 1.41. The highest BCUT2D eigenvalue weighted by atomic mass is 15.0. The topological polar surface area (TPSA) is 17.0 Å². The number of anilines is 2. The summed E-state index contributed by atoms with van der Waals surface area (Å²) in [5.74, 6) is 0. The van der Waals surface area contributed by atoms with Crippen LogP contribution in [0.25, 0.3) is 50.8 Å². The van der Waals surface area contributed by atoms with Gasteiger partial charge in [0.2, 0.25) is 0 Å². The van der Waals surface area contributed by atoms with Crippen molar-refractivity contribution in [2.45, 2.75) is 0 Å². The van der Waals surface area contributed by atoms with E-state index in [9.17, 15) is 0 Å². The summed E-state index contributed by atoms with van der Waals surface area (Å²) in [6.07, 6.45) is 4.39. The Kier molecular flexibility index (Phi) is 4.18. The van der Waals surface area contributed by atoms with E-state index in [-0.39, 0.29) is 0 Å². The molecule has 2 heteroatoms. The van der Waals surface area contributed by atoms with Crippen LogP contribution < -0.4 is 5.32 Å². The van der Waals surface area contributed by atoms with Crippen LogP contribution in [0.3, 0.4) is 0 Å². The second-order valence-electron chi connectivity index (χ2n) is 8.77. The molecule has 1 aromatic heterocycles. The van der Waals surface area contributed by atoms with E-state index in [1.807, 2.05) is 0 Å². The second kappa shape index (κ2) is 7.50. The molecule has 1 N–H and O–H groups in total. The molecular weight excluding hydrogens is 412 g/mol. The summed E-state index contributed by atoms with van der Waals surface area (Å²) in [7, 11) is 0. The van der Waals surface area contributed by atoms with Crippen LogP contribution in [-0.4, -0.2) is 4.57 Å². The molecule has 34 heavy (non-hydrogen) atoms. The third-order valence-corrected chi connectivity index (χ3v) is 6.75. The molecule has 2 heterocycles. The molecular formula is C32H22N2.